The Morgan fingerprint density at radius 2 is 1.74 bits per heavy atom. The van der Waals surface area contributed by atoms with Gasteiger partial charge in [0.1, 0.15) is 17.5 Å². The molecule has 0 saturated carbocycles. The van der Waals surface area contributed by atoms with Gasteiger partial charge in [-0.2, -0.15) is 13.2 Å². The molecule has 0 aliphatic rings. The second kappa shape index (κ2) is 11.7. The number of ether oxygens (including phenoxy) is 2. The van der Waals surface area contributed by atoms with Gasteiger partial charge in [-0.15, -0.1) is 0 Å². The molecule has 3 aromatic carbocycles. The van der Waals surface area contributed by atoms with Gasteiger partial charge in [0.2, 0.25) is 5.89 Å². The van der Waals surface area contributed by atoms with E-state index in [1.807, 2.05) is 49.3 Å². The van der Waals surface area contributed by atoms with Crippen molar-refractivity contribution < 1.29 is 27.1 Å². The number of fused-ring (bicyclic) bond motifs is 1. The van der Waals surface area contributed by atoms with E-state index in [1.165, 1.54) is 12.1 Å². The summed E-state index contributed by atoms with van der Waals surface area (Å²) in [5.41, 5.74) is 2.87. The van der Waals surface area contributed by atoms with Crippen molar-refractivity contribution in [1.29, 1.82) is 0 Å². The summed E-state index contributed by atoms with van der Waals surface area (Å²) < 4.78 is 57.0. The van der Waals surface area contributed by atoms with Crippen LogP contribution in [-0.4, -0.2) is 31.6 Å². The highest BCUT2D eigenvalue weighted by molar-refractivity contribution is 5.77. The number of oxazole rings is 1. The first-order valence-corrected chi connectivity index (χ1v) is 12.1. The van der Waals surface area contributed by atoms with Crippen molar-refractivity contribution in [1.82, 2.24) is 10.3 Å². The van der Waals surface area contributed by atoms with Crippen molar-refractivity contribution in [2.45, 2.75) is 39.1 Å². The van der Waals surface area contributed by atoms with Gasteiger partial charge in [-0.3, -0.25) is 5.32 Å². The second-order valence-electron chi connectivity index (χ2n) is 9.00. The minimum atomic E-state index is -4.41. The van der Waals surface area contributed by atoms with Gasteiger partial charge in [0, 0.05) is 38.5 Å². The molecule has 2 atom stereocenters. The van der Waals surface area contributed by atoms with E-state index in [4.69, 9.17) is 13.9 Å². The van der Waals surface area contributed by atoms with E-state index in [2.05, 4.69) is 10.3 Å². The second-order valence-corrected chi connectivity index (χ2v) is 9.00. The number of halogens is 3. The Morgan fingerprint density at radius 3 is 2.45 bits per heavy atom. The third-order valence-corrected chi connectivity index (χ3v) is 5.80. The lowest BCUT2D eigenvalue weighted by atomic mass is 10.1. The molecular formula is C29H30F3N3O3. The molecule has 1 aromatic heterocycles. The van der Waals surface area contributed by atoms with Crippen LogP contribution in [-0.2, 0) is 17.5 Å². The molecule has 38 heavy (non-hydrogen) atoms. The molecule has 1 N–H and O–H groups in total. The number of benzene rings is 3. The molecule has 4 rings (SSSR count). The monoisotopic (exact) mass is 525 g/mol. The molecule has 9 heteroatoms. The van der Waals surface area contributed by atoms with Crippen LogP contribution in [0.15, 0.2) is 71.1 Å². The van der Waals surface area contributed by atoms with E-state index in [-0.39, 0.29) is 12.1 Å². The van der Waals surface area contributed by atoms with Gasteiger partial charge in [-0.05, 0) is 61.4 Å². The summed E-state index contributed by atoms with van der Waals surface area (Å²) in [5, 5.41) is 2.96. The summed E-state index contributed by atoms with van der Waals surface area (Å²) >= 11 is 0. The van der Waals surface area contributed by atoms with Crippen molar-refractivity contribution in [3.05, 3.63) is 89.3 Å². The fourth-order valence-corrected chi connectivity index (χ4v) is 3.88. The lowest BCUT2D eigenvalue weighted by Crippen LogP contribution is -2.34. The lowest BCUT2D eigenvalue weighted by molar-refractivity contribution is -0.138. The Morgan fingerprint density at radius 1 is 1.00 bits per heavy atom. The molecule has 0 bridgehead atoms. The van der Waals surface area contributed by atoms with Gasteiger partial charge in [0.25, 0.3) is 0 Å². The molecule has 0 aliphatic heterocycles. The maximum absolute atomic E-state index is 13.2. The van der Waals surface area contributed by atoms with Crippen LogP contribution < -0.4 is 15.0 Å². The quantitative estimate of drug-likeness (QED) is 0.226. The first kappa shape index (κ1) is 27.2. The molecule has 1 heterocycles. The van der Waals surface area contributed by atoms with Crippen LogP contribution in [0.5, 0.6) is 5.75 Å². The Balaban J connectivity index is 1.33. The molecule has 0 aliphatic carbocycles. The van der Waals surface area contributed by atoms with Crippen LogP contribution in [0.1, 0.15) is 36.4 Å². The van der Waals surface area contributed by atoms with Crippen LogP contribution in [0.2, 0.25) is 0 Å². The normalized spacial score (nSPS) is 13.7. The number of hydrogen-bond acceptors (Lipinski definition) is 6. The third-order valence-electron chi connectivity index (χ3n) is 5.80. The van der Waals surface area contributed by atoms with E-state index >= 15 is 0 Å². The largest absolute Gasteiger partial charge is 0.465 e. The molecule has 0 amide bonds. The van der Waals surface area contributed by atoms with Gasteiger partial charge in [-0.1, -0.05) is 30.3 Å². The van der Waals surface area contributed by atoms with Crippen molar-refractivity contribution in [2.24, 2.45) is 0 Å². The molecule has 0 spiro atoms. The zero-order chi connectivity index (χ0) is 27.3. The Kier molecular flexibility index (Phi) is 8.38. The van der Waals surface area contributed by atoms with Crippen LogP contribution in [0.25, 0.3) is 23.3 Å². The summed E-state index contributed by atoms with van der Waals surface area (Å²) in [6, 6.07) is 18.9. The zero-order valence-electron chi connectivity index (χ0n) is 21.6. The van der Waals surface area contributed by atoms with E-state index in [9.17, 15) is 13.2 Å². The molecule has 6 nitrogen and oxygen atoms in total. The van der Waals surface area contributed by atoms with Gasteiger partial charge in [0.15, 0.2) is 11.9 Å². The Bertz CT molecular complexity index is 1380. The van der Waals surface area contributed by atoms with Crippen LogP contribution in [0, 0.1) is 0 Å². The summed E-state index contributed by atoms with van der Waals surface area (Å²) in [6.45, 7) is 3.42. The predicted molar refractivity (Wildman–Crippen MR) is 143 cm³/mol. The fraction of sp³-hybridized carbons (Fsp3) is 0.276. The molecular weight excluding hydrogens is 495 g/mol. The average molecular weight is 526 g/mol. The highest BCUT2D eigenvalue weighted by Gasteiger charge is 2.32. The molecule has 0 radical (unpaired) electrons. The number of nitrogens with one attached hydrogen (secondary N) is 1. The molecule has 4 aromatic rings. The third kappa shape index (κ3) is 7.14. The summed E-state index contributed by atoms with van der Waals surface area (Å²) in [4.78, 5) is 6.52. The van der Waals surface area contributed by atoms with Gasteiger partial charge >= 0.3 is 6.18 Å². The number of nitrogens with zero attached hydrogens (tertiary/aromatic N) is 2. The first-order chi connectivity index (χ1) is 18.1. The number of aromatic nitrogens is 1. The number of rotatable bonds is 10. The van der Waals surface area contributed by atoms with Crippen molar-refractivity contribution in [3.8, 4) is 5.75 Å². The topological polar surface area (TPSA) is 59.8 Å². The van der Waals surface area contributed by atoms with Crippen molar-refractivity contribution in [3.63, 3.8) is 0 Å². The SMILES string of the molecule is CC(NCc1ccccc1C(F)(F)F)OC(C)Oc1ccc2nc(/C=C/c3ccc(N(C)C)cc3)oc2c1. The number of hydrogen-bond donors (Lipinski definition) is 1. The minimum absolute atomic E-state index is 0.00366. The van der Waals surface area contributed by atoms with Crippen LogP contribution >= 0.6 is 0 Å². The van der Waals surface area contributed by atoms with E-state index in [1.54, 1.807) is 44.2 Å². The van der Waals surface area contributed by atoms with Crippen LogP contribution in [0.4, 0.5) is 18.9 Å². The van der Waals surface area contributed by atoms with Gasteiger partial charge in [0.05, 0.1) is 5.56 Å². The molecule has 200 valence electrons. The van der Waals surface area contributed by atoms with E-state index < -0.39 is 24.3 Å². The van der Waals surface area contributed by atoms with E-state index in [0.29, 0.717) is 22.7 Å². The standard InChI is InChI=1S/C29H30F3N3O3/c1-19(33-18-22-7-5-6-8-25(22)29(30,31)32)36-20(2)37-24-14-15-26-27(17-24)38-28(34-26)16-11-21-9-12-23(13-10-21)35(3)4/h5-17,19-20,33H,18H2,1-4H3/b16-11+. The predicted octanol–water partition coefficient (Wildman–Crippen LogP) is 6.96. The van der Waals surface area contributed by atoms with Gasteiger partial charge in [-0.25, -0.2) is 4.98 Å². The van der Waals surface area contributed by atoms with Crippen LogP contribution in [0.3, 0.4) is 0 Å². The van der Waals surface area contributed by atoms with Gasteiger partial charge < -0.3 is 18.8 Å². The Labute approximate surface area is 219 Å². The molecule has 0 saturated heterocycles. The maximum atomic E-state index is 13.2. The summed E-state index contributed by atoms with van der Waals surface area (Å²) in [5.74, 6) is 0.987. The average Bonchev–Trinajstić information content (AvgIpc) is 3.28. The number of anilines is 1. The molecule has 2 unspecified atom stereocenters. The highest BCUT2D eigenvalue weighted by Crippen LogP contribution is 2.32. The smallest absolute Gasteiger partial charge is 0.416 e. The first-order valence-electron chi connectivity index (χ1n) is 12.1. The van der Waals surface area contributed by atoms with Crippen molar-refractivity contribution >= 4 is 28.9 Å². The van der Waals surface area contributed by atoms with Crippen molar-refractivity contribution in [2.75, 3.05) is 19.0 Å². The van der Waals surface area contributed by atoms with E-state index in [0.717, 1.165) is 17.3 Å². The fourth-order valence-electron chi connectivity index (χ4n) is 3.88. The molecule has 0 fully saturated rings. The zero-order valence-corrected chi connectivity index (χ0v) is 21.6. The lowest BCUT2D eigenvalue weighted by Gasteiger charge is -2.22. The summed E-state index contributed by atoms with van der Waals surface area (Å²) in [6.07, 6.45) is -1.89. The number of alkyl halides is 3. The summed E-state index contributed by atoms with van der Waals surface area (Å²) in [7, 11) is 3.99. The maximum Gasteiger partial charge on any atom is 0.416 e. The Hall–Kier alpha value is -3.82. The minimum Gasteiger partial charge on any atom is -0.465 e. The highest BCUT2D eigenvalue weighted by atomic mass is 19.4.